The molecule has 1 saturated carbocycles. The Balaban J connectivity index is 2.07. The lowest BCUT2D eigenvalue weighted by Gasteiger charge is -2.27. The number of benzene rings is 1. The fraction of sp³-hybridized carbons (Fsp3) is 0.500. The lowest BCUT2D eigenvalue weighted by Crippen LogP contribution is -2.25. The standard InChI is InChI=1S/C14H18BrNO2/c1-9-2-4-12(5-3-9)16-13-7-10(14(17)18)6-11(15)8-13/h6-9,12,16H,2-5H2,1H3,(H,17,18). The number of anilines is 1. The highest BCUT2D eigenvalue weighted by molar-refractivity contribution is 9.10. The number of aromatic carboxylic acids is 1. The van der Waals surface area contributed by atoms with Crippen LogP contribution in [0.4, 0.5) is 5.69 Å². The molecule has 0 saturated heterocycles. The average Bonchev–Trinajstić information content (AvgIpc) is 2.31. The van der Waals surface area contributed by atoms with Gasteiger partial charge in [-0.1, -0.05) is 22.9 Å². The molecule has 1 aromatic rings. The quantitative estimate of drug-likeness (QED) is 0.882. The molecule has 1 fully saturated rings. The fourth-order valence-corrected chi connectivity index (χ4v) is 2.93. The molecule has 0 spiro atoms. The van der Waals surface area contributed by atoms with Crippen molar-refractivity contribution in [3.8, 4) is 0 Å². The Morgan fingerprint density at radius 3 is 2.56 bits per heavy atom. The number of carboxylic acid groups (broad SMARTS) is 1. The van der Waals surface area contributed by atoms with Gasteiger partial charge in [-0.2, -0.15) is 0 Å². The number of hydrogen-bond donors (Lipinski definition) is 2. The van der Waals surface area contributed by atoms with Gasteiger partial charge in [0.15, 0.2) is 0 Å². The molecule has 0 bridgehead atoms. The van der Waals surface area contributed by atoms with E-state index < -0.39 is 5.97 Å². The van der Waals surface area contributed by atoms with Crippen molar-refractivity contribution in [1.82, 2.24) is 0 Å². The average molecular weight is 312 g/mol. The zero-order valence-electron chi connectivity index (χ0n) is 10.4. The second-order valence-electron chi connectivity index (χ2n) is 5.13. The first-order chi connectivity index (χ1) is 8.54. The topological polar surface area (TPSA) is 49.3 Å². The lowest BCUT2D eigenvalue weighted by molar-refractivity contribution is 0.0697. The van der Waals surface area contributed by atoms with Crippen molar-refractivity contribution < 1.29 is 9.90 Å². The van der Waals surface area contributed by atoms with Gasteiger partial charge in [-0.3, -0.25) is 0 Å². The number of carboxylic acids is 1. The van der Waals surface area contributed by atoms with E-state index >= 15 is 0 Å². The van der Waals surface area contributed by atoms with E-state index in [4.69, 9.17) is 5.11 Å². The van der Waals surface area contributed by atoms with Gasteiger partial charge in [0.1, 0.15) is 0 Å². The van der Waals surface area contributed by atoms with Crippen molar-refractivity contribution >= 4 is 27.6 Å². The first-order valence-electron chi connectivity index (χ1n) is 6.35. The van der Waals surface area contributed by atoms with Crippen molar-refractivity contribution in [3.05, 3.63) is 28.2 Å². The summed E-state index contributed by atoms with van der Waals surface area (Å²) in [6.45, 7) is 2.29. The zero-order valence-corrected chi connectivity index (χ0v) is 12.0. The van der Waals surface area contributed by atoms with Gasteiger partial charge < -0.3 is 10.4 Å². The number of rotatable bonds is 3. The summed E-state index contributed by atoms with van der Waals surface area (Å²) in [6.07, 6.45) is 4.82. The van der Waals surface area contributed by atoms with E-state index in [-0.39, 0.29) is 0 Å². The summed E-state index contributed by atoms with van der Waals surface area (Å²) in [5, 5.41) is 12.5. The van der Waals surface area contributed by atoms with Crippen LogP contribution in [0.2, 0.25) is 0 Å². The highest BCUT2D eigenvalue weighted by Gasteiger charge is 2.18. The van der Waals surface area contributed by atoms with Gasteiger partial charge in [0.25, 0.3) is 0 Å². The number of halogens is 1. The van der Waals surface area contributed by atoms with Gasteiger partial charge in [0.05, 0.1) is 5.56 Å². The molecule has 98 valence electrons. The van der Waals surface area contributed by atoms with Crippen LogP contribution >= 0.6 is 15.9 Å². The van der Waals surface area contributed by atoms with E-state index in [1.54, 1.807) is 12.1 Å². The third kappa shape index (κ3) is 3.48. The van der Waals surface area contributed by atoms with E-state index in [0.717, 1.165) is 28.9 Å². The molecule has 1 aliphatic carbocycles. The van der Waals surface area contributed by atoms with E-state index in [9.17, 15) is 4.79 Å². The third-order valence-electron chi connectivity index (χ3n) is 3.53. The third-order valence-corrected chi connectivity index (χ3v) is 3.99. The molecule has 4 heteroatoms. The molecule has 0 aliphatic heterocycles. The number of nitrogens with one attached hydrogen (secondary N) is 1. The molecular formula is C14H18BrNO2. The summed E-state index contributed by atoms with van der Waals surface area (Å²) in [5.74, 6) is -0.0724. The maximum absolute atomic E-state index is 11.0. The van der Waals surface area contributed by atoms with Crippen molar-refractivity contribution in [1.29, 1.82) is 0 Å². The van der Waals surface area contributed by atoms with E-state index in [1.807, 2.05) is 6.07 Å². The maximum atomic E-state index is 11.0. The molecule has 0 aromatic heterocycles. The van der Waals surface area contributed by atoms with Gasteiger partial charge >= 0.3 is 5.97 Å². The van der Waals surface area contributed by atoms with Crippen LogP contribution in [0.3, 0.4) is 0 Å². The number of carbonyl (C=O) groups is 1. The Morgan fingerprint density at radius 2 is 1.94 bits per heavy atom. The van der Waals surface area contributed by atoms with E-state index in [2.05, 4.69) is 28.2 Å². The molecule has 1 aromatic carbocycles. The molecule has 0 atom stereocenters. The molecular weight excluding hydrogens is 294 g/mol. The Hall–Kier alpha value is -1.03. The molecule has 3 nitrogen and oxygen atoms in total. The van der Waals surface area contributed by atoms with Crippen LogP contribution in [-0.2, 0) is 0 Å². The molecule has 0 unspecified atom stereocenters. The summed E-state index contributed by atoms with van der Waals surface area (Å²) in [7, 11) is 0. The Kier molecular flexibility index (Phi) is 4.27. The van der Waals surface area contributed by atoms with Gasteiger partial charge in [0.2, 0.25) is 0 Å². The highest BCUT2D eigenvalue weighted by atomic mass is 79.9. The van der Waals surface area contributed by atoms with Crippen molar-refractivity contribution in [2.75, 3.05) is 5.32 Å². The minimum atomic E-state index is -0.892. The predicted octanol–water partition coefficient (Wildman–Crippen LogP) is 4.14. The first-order valence-corrected chi connectivity index (χ1v) is 7.14. The highest BCUT2D eigenvalue weighted by Crippen LogP contribution is 2.27. The lowest BCUT2D eigenvalue weighted by atomic mass is 9.87. The summed E-state index contributed by atoms with van der Waals surface area (Å²) in [6, 6.07) is 5.73. The minimum absolute atomic E-state index is 0.316. The fourth-order valence-electron chi connectivity index (χ4n) is 2.44. The predicted molar refractivity (Wildman–Crippen MR) is 76.1 cm³/mol. The second-order valence-corrected chi connectivity index (χ2v) is 6.05. The van der Waals surface area contributed by atoms with Gasteiger partial charge in [-0.25, -0.2) is 4.79 Å². The monoisotopic (exact) mass is 311 g/mol. The molecule has 0 amide bonds. The number of hydrogen-bond acceptors (Lipinski definition) is 2. The summed E-state index contributed by atoms with van der Waals surface area (Å²) in [4.78, 5) is 11.0. The van der Waals surface area contributed by atoms with Gasteiger partial charge in [-0.15, -0.1) is 0 Å². The summed E-state index contributed by atoms with van der Waals surface area (Å²) < 4.78 is 0.800. The Bertz CT molecular complexity index is 439. The van der Waals surface area contributed by atoms with Crippen LogP contribution in [0.25, 0.3) is 0 Å². The first kappa shape index (κ1) is 13.4. The van der Waals surface area contributed by atoms with Crippen LogP contribution in [0, 0.1) is 5.92 Å². The van der Waals surface area contributed by atoms with Crippen LogP contribution in [0.1, 0.15) is 43.0 Å². The van der Waals surface area contributed by atoms with E-state index in [1.165, 1.54) is 12.8 Å². The normalized spacial score (nSPS) is 23.7. The molecule has 0 radical (unpaired) electrons. The molecule has 2 rings (SSSR count). The van der Waals surface area contributed by atoms with Crippen molar-refractivity contribution in [2.24, 2.45) is 5.92 Å². The van der Waals surface area contributed by atoms with Crippen LogP contribution in [-0.4, -0.2) is 17.1 Å². The van der Waals surface area contributed by atoms with Gasteiger partial charge in [0, 0.05) is 16.2 Å². The smallest absolute Gasteiger partial charge is 0.335 e. The van der Waals surface area contributed by atoms with Crippen molar-refractivity contribution in [3.63, 3.8) is 0 Å². The largest absolute Gasteiger partial charge is 0.478 e. The second kappa shape index (κ2) is 5.74. The van der Waals surface area contributed by atoms with Crippen LogP contribution in [0.5, 0.6) is 0 Å². The van der Waals surface area contributed by atoms with Crippen LogP contribution in [0.15, 0.2) is 22.7 Å². The maximum Gasteiger partial charge on any atom is 0.335 e. The zero-order chi connectivity index (χ0) is 13.1. The summed E-state index contributed by atoms with van der Waals surface area (Å²) >= 11 is 3.35. The molecule has 0 heterocycles. The van der Waals surface area contributed by atoms with Crippen LogP contribution < -0.4 is 5.32 Å². The van der Waals surface area contributed by atoms with E-state index in [0.29, 0.717) is 11.6 Å². The Morgan fingerprint density at radius 1 is 1.28 bits per heavy atom. The Labute approximate surface area is 116 Å². The molecule has 18 heavy (non-hydrogen) atoms. The summed E-state index contributed by atoms with van der Waals surface area (Å²) in [5.41, 5.74) is 1.21. The molecule has 2 N–H and O–H groups in total. The van der Waals surface area contributed by atoms with Crippen molar-refractivity contribution in [2.45, 2.75) is 38.6 Å². The molecule has 1 aliphatic rings. The minimum Gasteiger partial charge on any atom is -0.478 e. The van der Waals surface area contributed by atoms with Gasteiger partial charge in [-0.05, 0) is 49.8 Å². The SMILES string of the molecule is CC1CCC(Nc2cc(Br)cc(C(=O)O)c2)CC1.